The highest BCUT2D eigenvalue weighted by atomic mass is 35.5. The molecule has 0 aliphatic carbocycles. The second-order valence-electron chi connectivity index (χ2n) is 5.29. The molecule has 1 saturated heterocycles. The SMILES string of the molecule is Clc1ccc(C2CNCC2NCc2ccccc2)cc1. The maximum absolute atomic E-state index is 5.96. The molecule has 0 bridgehead atoms. The van der Waals surface area contributed by atoms with Crippen LogP contribution in [0.5, 0.6) is 0 Å². The van der Waals surface area contributed by atoms with E-state index < -0.39 is 0 Å². The van der Waals surface area contributed by atoms with Gasteiger partial charge in [-0.05, 0) is 23.3 Å². The maximum atomic E-state index is 5.96. The van der Waals surface area contributed by atoms with E-state index in [0.717, 1.165) is 24.7 Å². The van der Waals surface area contributed by atoms with Gasteiger partial charge in [-0.25, -0.2) is 0 Å². The summed E-state index contributed by atoms with van der Waals surface area (Å²) < 4.78 is 0. The number of hydrogen-bond acceptors (Lipinski definition) is 2. The monoisotopic (exact) mass is 286 g/mol. The van der Waals surface area contributed by atoms with Crippen molar-refractivity contribution in [3.63, 3.8) is 0 Å². The van der Waals surface area contributed by atoms with Crippen LogP contribution in [0.15, 0.2) is 54.6 Å². The standard InChI is InChI=1S/C17H19ClN2/c18-15-8-6-14(7-9-15)16-11-19-12-17(16)20-10-13-4-2-1-3-5-13/h1-9,16-17,19-20H,10-12H2. The molecule has 2 atom stereocenters. The second kappa shape index (κ2) is 6.40. The van der Waals surface area contributed by atoms with Crippen molar-refractivity contribution < 1.29 is 0 Å². The van der Waals surface area contributed by atoms with Crippen molar-refractivity contribution in [2.45, 2.75) is 18.5 Å². The van der Waals surface area contributed by atoms with Crippen molar-refractivity contribution in [1.29, 1.82) is 0 Å². The fourth-order valence-corrected chi connectivity index (χ4v) is 2.92. The van der Waals surface area contributed by atoms with Crippen LogP contribution in [0.4, 0.5) is 0 Å². The normalized spacial score (nSPS) is 22.1. The molecular formula is C17H19ClN2. The highest BCUT2D eigenvalue weighted by Gasteiger charge is 2.27. The van der Waals surface area contributed by atoms with E-state index in [1.807, 2.05) is 12.1 Å². The molecule has 0 radical (unpaired) electrons. The first kappa shape index (κ1) is 13.6. The van der Waals surface area contributed by atoms with E-state index in [-0.39, 0.29) is 0 Å². The van der Waals surface area contributed by atoms with Crippen molar-refractivity contribution in [3.05, 3.63) is 70.7 Å². The van der Waals surface area contributed by atoms with Crippen molar-refractivity contribution in [2.75, 3.05) is 13.1 Å². The van der Waals surface area contributed by atoms with Crippen molar-refractivity contribution in [1.82, 2.24) is 10.6 Å². The zero-order valence-corrected chi connectivity index (χ0v) is 12.1. The molecule has 1 fully saturated rings. The lowest BCUT2D eigenvalue weighted by molar-refractivity contribution is 0.503. The van der Waals surface area contributed by atoms with Crippen LogP contribution >= 0.6 is 11.6 Å². The second-order valence-corrected chi connectivity index (χ2v) is 5.73. The van der Waals surface area contributed by atoms with Crippen molar-refractivity contribution in [3.8, 4) is 0 Å². The van der Waals surface area contributed by atoms with Crippen molar-refractivity contribution in [2.24, 2.45) is 0 Å². The van der Waals surface area contributed by atoms with Gasteiger partial charge < -0.3 is 10.6 Å². The van der Waals surface area contributed by atoms with Crippen LogP contribution in [-0.4, -0.2) is 19.1 Å². The van der Waals surface area contributed by atoms with E-state index in [4.69, 9.17) is 11.6 Å². The van der Waals surface area contributed by atoms with Crippen LogP contribution in [0.3, 0.4) is 0 Å². The van der Waals surface area contributed by atoms with E-state index in [9.17, 15) is 0 Å². The molecular weight excluding hydrogens is 268 g/mol. The molecule has 2 aromatic carbocycles. The Bertz CT molecular complexity index is 539. The average Bonchev–Trinajstić information content (AvgIpc) is 2.95. The Labute approximate surface area is 125 Å². The molecule has 104 valence electrons. The number of hydrogen-bond donors (Lipinski definition) is 2. The molecule has 3 rings (SSSR count). The Morgan fingerprint density at radius 3 is 2.50 bits per heavy atom. The summed E-state index contributed by atoms with van der Waals surface area (Å²) in [5, 5.41) is 7.94. The Morgan fingerprint density at radius 2 is 1.75 bits per heavy atom. The number of nitrogens with one attached hydrogen (secondary N) is 2. The van der Waals surface area contributed by atoms with Gasteiger partial charge in [-0.3, -0.25) is 0 Å². The molecule has 1 aliphatic heterocycles. The quantitative estimate of drug-likeness (QED) is 0.902. The summed E-state index contributed by atoms with van der Waals surface area (Å²) in [7, 11) is 0. The summed E-state index contributed by atoms with van der Waals surface area (Å²) in [5.74, 6) is 0.510. The molecule has 2 N–H and O–H groups in total. The topological polar surface area (TPSA) is 24.1 Å². The van der Waals surface area contributed by atoms with E-state index in [2.05, 4.69) is 53.1 Å². The third-order valence-corrected chi connectivity index (χ3v) is 4.18. The minimum absolute atomic E-state index is 0.469. The lowest BCUT2D eigenvalue weighted by Crippen LogP contribution is -2.34. The first-order valence-electron chi connectivity index (χ1n) is 7.06. The minimum Gasteiger partial charge on any atom is -0.314 e. The summed E-state index contributed by atoms with van der Waals surface area (Å²) in [5.41, 5.74) is 2.68. The molecule has 1 heterocycles. The zero-order chi connectivity index (χ0) is 13.8. The van der Waals surface area contributed by atoms with E-state index >= 15 is 0 Å². The van der Waals surface area contributed by atoms with Crippen LogP contribution in [0.25, 0.3) is 0 Å². The summed E-state index contributed by atoms with van der Waals surface area (Å²) >= 11 is 5.96. The van der Waals surface area contributed by atoms with Gasteiger partial charge in [-0.1, -0.05) is 54.1 Å². The van der Waals surface area contributed by atoms with E-state index in [1.165, 1.54) is 11.1 Å². The van der Waals surface area contributed by atoms with Crippen LogP contribution in [0.1, 0.15) is 17.0 Å². The van der Waals surface area contributed by atoms with Gasteiger partial charge >= 0.3 is 0 Å². The summed E-state index contributed by atoms with van der Waals surface area (Å²) in [4.78, 5) is 0. The third kappa shape index (κ3) is 3.21. The minimum atomic E-state index is 0.469. The van der Waals surface area contributed by atoms with E-state index in [0.29, 0.717) is 12.0 Å². The largest absolute Gasteiger partial charge is 0.314 e. The van der Waals surface area contributed by atoms with Gasteiger partial charge in [0.05, 0.1) is 0 Å². The first-order chi connectivity index (χ1) is 9.83. The predicted molar refractivity (Wildman–Crippen MR) is 84.1 cm³/mol. The van der Waals surface area contributed by atoms with Gasteiger partial charge in [0.15, 0.2) is 0 Å². The smallest absolute Gasteiger partial charge is 0.0406 e. The van der Waals surface area contributed by atoms with Crippen LogP contribution in [-0.2, 0) is 6.54 Å². The molecule has 2 aromatic rings. The number of benzene rings is 2. The van der Waals surface area contributed by atoms with Crippen LogP contribution in [0, 0.1) is 0 Å². The van der Waals surface area contributed by atoms with Gasteiger partial charge in [-0.15, -0.1) is 0 Å². The fourth-order valence-electron chi connectivity index (χ4n) is 2.80. The van der Waals surface area contributed by atoms with Gasteiger partial charge in [0.25, 0.3) is 0 Å². The molecule has 0 saturated carbocycles. The predicted octanol–water partition coefficient (Wildman–Crippen LogP) is 3.19. The Kier molecular flexibility index (Phi) is 4.36. The molecule has 2 nitrogen and oxygen atoms in total. The Hall–Kier alpha value is -1.35. The fraction of sp³-hybridized carbons (Fsp3) is 0.294. The van der Waals surface area contributed by atoms with Gasteiger partial charge in [0, 0.05) is 36.6 Å². The number of rotatable bonds is 4. The van der Waals surface area contributed by atoms with Gasteiger partial charge in [-0.2, -0.15) is 0 Å². The highest BCUT2D eigenvalue weighted by Crippen LogP contribution is 2.24. The summed E-state index contributed by atoms with van der Waals surface area (Å²) in [6.45, 7) is 2.95. The lowest BCUT2D eigenvalue weighted by atomic mass is 9.94. The average molecular weight is 287 g/mol. The summed E-state index contributed by atoms with van der Waals surface area (Å²) in [6, 6.07) is 19.2. The first-order valence-corrected chi connectivity index (χ1v) is 7.44. The molecule has 0 spiro atoms. The highest BCUT2D eigenvalue weighted by molar-refractivity contribution is 6.30. The maximum Gasteiger partial charge on any atom is 0.0406 e. The molecule has 1 aliphatic rings. The Morgan fingerprint density at radius 1 is 1.00 bits per heavy atom. The molecule has 0 amide bonds. The molecule has 0 aromatic heterocycles. The van der Waals surface area contributed by atoms with E-state index in [1.54, 1.807) is 0 Å². The lowest BCUT2D eigenvalue weighted by Gasteiger charge is -2.20. The van der Waals surface area contributed by atoms with Gasteiger partial charge in [0.1, 0.15) is 0 Å². The van der Waals surface area contributed by atoms with Gasteiger partial charge in [0.2, 0.25) is 0 Å². The summed E-state index contributed by atoms with van der Waals surface area (Å²) in [6.07, 6.45) is 0. The number of halogens is 1. The van der Waals surface area contributed by atoms with Crippen LogP contribution < -0.4 is 10.6 Å². The molecule has 2 unspecified atom stereocenters. The molecule has 20 heavy (non-hydrogen) atoms. The van der Waals surface area contributed by atoms with Crippen LogP contribution in [0.2, 0.25) is 5.02 Å². The Balaban J connectivity index is 1.65. The molecule has 3 heteroatoms. The zero-order valence-electron chi connectivity index (χ0n) is 11.4. The van der Waals surface area contributed by atoms with Crippen molar-refractivity contribution >= 4 is 11.6 Å². The third-order valence-electron chi connectivity index (χ3n) is 3.92.